The van der Waals surface area contributed by atoms with Gasteiger partial charge in [-0.05, 0) is 73.6 Å². The predicted molar refractivity (Wildman–Crippen MR) is 222 cm³/mol. The van der Waals surface area contributed by atoms with Crippen LogP contribution in [0.2, 0.25) is 0 Å². The van der Waals surface area contributed by atoms with Gasteiger partial charge in [-0.3, -0.25) is 9.98 Å². The Balaban J connectivity index is -0.000000531. The summed E-state index contributed by atoms with van der Waals surface area (Å²) in [7, 11) is 2.11. The Morgan fingerprint density at radius 3 is 1.64 bits per heavy atom. The molecule has 3 nitrogen and oxygen atoms in total. The fourth-order valence-electron chi connectivity index (χ4n) is 3.80. The average Bonchev–Trinajstić information content (AvgIpc) is 3.09. The standard InChI is InChI=1S/C29H33N3.C4H10.C3H8.4C2H6/c1-7-30-29(22(4)31-21(2)3)23(5)32(6)19-18-24-12-14-26(15-13-24)28-17-16-25-10-8-9-11-27(25)20-28;1-4(2)3;1-3-2;4*1-2/h7-17,20H,2,18-19H2,1,3-6H3;4H,1-3H3;3H2,1-2H3;4*1-2H3/b29-23-,30-7?,31-22?;;;;;;. The van der Waals surface area contributed by atoms with Gasteiger partial charge in [-0.25, -0.2) is 0 Å². The fraction of sp³-hybridized carbons (Fsp3) is 0.500. The molecular weight excluding hydrogens is 571 g/mol. The van der Waals surface area contributed by atoms with Crippen LogP contribution in [0.25, 0.3) is 21.9 Å². The third-order valence-electron chi connectivity index (χ3n) is 5.65. The summed E-state index contributed by atoms with van der Waals surface area (Å²) in [5, 5.41) is 2.55. The van der Waals surface area contributed by atoms with Crippen molar-refractivity contribution in [1.29, 1.82) is 0 Å². The van der Waals surface area contributed by atoms with Gasteiger partial charge < -0.3 is 4.90 Å². The lowest BCUT2D eigenvalue weighted by atomic mass is 10.00. The van der Waals surface area contributed by atoms with Crippen molar-refractivity contribution in [2.45, 2.75) is 131 Å². The number of benzene rings is 3. The van der Waals surface area contributed by atoms with Crippen molar-refractivity contribution in [3.63, 3.8) is 0 Å². The summed E-state index contributed by atoms with van der Waals surface area (Å²) >= 11 is 0. The van der Waals surface area contributed by atoms with Crippen LogP contribution < -0.4 is 0 Å². The maximum atomic E-state index is 4.56. The molecule has 0 heterocycles. The topological polar surface area (TPSA) is 28.0 Å². The molecule has 0 atom stereocenters. The Hall–Kier alpha value is -3.46. The van der Waals surface area contributed by atoms with Crippen molar-refractivity contribution in [3.8, 4) is 11.1 Å². The monoisotopic (exact) mass is 646 g/mol. The van der Waals surface area contributed by atoms with E-state index in [9.17, 15) is 0 Å². The molecule has 47 heavy (non-hydrogen) atoms. The molecule has 0 bridgehead atoms. The molecule has 0 N–H and O–H groups in total. The van der Waals surface area contributed by atoms with Crippen LogP contribution in [-0.4, -0.2) is 30.4 Å². The first-order valence-corrected chi connectivity index (χ1v) is 18.2. The summed E-state index contributed by atoms with van der Waals surface area (Å²) in [6, 6.07) is 24.0. The minimum absolute atomic E-state index is 0.785. The largest absolute Gasteiger partial charge is 0.376 e. The third-order valence-corrected chi connectivity index (χ3v) is 5.65. The minimum atomic E-state index is 0.785. The smallest absolute Gasteiger partial charge is 0.102 e. The fourth-order valence-corrected chi connectivity index (χ4v) is 3.80. The molecule has 0 aliphatic carbocycles. The van der Waals surface area contributed by atoms with Crippen LogP contribution in [0.5, 0.6) is 0 Å². The first-order chi connectivity index (χ1) is 22.5. The lowest BCUT2D eigenvalue weighted by Crippen LogP contribution is -2.21. The SMILES string of the molecule is C=C(C)N=C(C)/C(N=CC)=C(\C)N(C)CCc1ccc(-c2ccc3ccccc3c2)cc1.CC.CC.CC.CC.CC(C)C.CCC. The van der Waals surface area contributed by atoms with Crippen LogP contribution in [-0.2, 0) is 6.42 Å². The molecule has 266 valence electrons. The van der Waals surface area contributed by atoms with E-state index in [1.54, 1.807) is 0 Å². The van der Waals surface area contributed by atoms with Crippen molar-refractivity contribution in [2.75, 3.05) is 13.6 Å². The molecule has 0 unspecified atom stereocenters. The van der Waals surface area contributed by atoms with E-state index in [4.69, 9.17) is 0 Å². The quantitative estimate of drug-likeness (QED) is 0.224. The van der Waals surface area contributed by atoms with Gasteiger partial charge >= 0.3 is 0 Å². The van der Waals surface area contributed by atoms with E-state index in [2.05, 4.69) is 137 Å². The van der Waals surface area contributed by atoms with Crippen LogP contribution in [0, 0.1) is 5.92 Å². The summed E-state index contributed by atoms with van der Waals surface area (Å²) < 4.78 is 0. The first kappa shape index (κ1) is 50.4. The van der Waals surface area contributed by atoms with E-state index < -0.39 is 0 Å². The Bertz CT molecular complexity index is 1240. The second-order valence-electron chi connectivity index (χ2n) is 10.6. The highest BCUT2D eigenvalue weighted by atomic mass is 15.1. The minimum Gasteiger partial charge on any atom is -0.376 e. The van der Waals surface area contributed by atoms with E-state index in [0.29, 0.717) is 0 Å². The molecule has 0 aliphatic heterocycles. The van der Waals surface area contributed by atoms with Crippen LogP contribution in [0.3, 0.4) is 0 Å². The summed E-state index contributed by atoms with van der Waals surface area (Å²) in [6.07, 6.45) is 4.03. The number of nitrogens with zero attached hydrogens (tertiary/aromatic N) is 3. The predicted octanol–water partition coefficient (Wildman–Crippen LogP) is 14.5. The lowest BCUT2D eigenvalue weighted by molar-refractivity contribution is 0.420. The van der Waals surface area contributed by atoms with E-state index in [-0.39, 0.29) is 0 Å². The number of aliphatic imine (C=N–C) groups is 2. The van der Waals surface area contributed by atoms with Crippen LogP contribution in [0.1, 0.15) is 130 Å². The molecule has 0 aromatic heterocycles. The van der Waals surface area contributed by atoms with Gasteiger partial charge in [0.05, 0.1) is 5.71 Å². The Morgan fingerprint density at radius 2 is 1.19 bits per heavy atom. The van der Waals surface area contributed by atoms with Crippen molar-refractivity contribution in [1.82, 2.24) is 4.90 Å². The van der Waals surface area contributed by atoms with Gasteiger partial charge in [0, 0.05) is 31.2 Å². The molecule has 0 aliphatic rings. The molecule has 3 rings (SSSR count). The highest BCUT2D eigenvalue weighted by Crippen LogP contribution is 2.25. The summed E-state index contributed by atoms with van der Waals surface area (Å²) in [5.41, 5.74) is 7.51. The van der Waals surface area contributed by atoms with Gasteiger partial charge in [0.25, 0.3) is 0 Å². The van der Waals surface area contributed by atoms with Gasteiger partial charge in [0.15, 0.2) is 0 Å². The van der Waals surface area contributed by atoms with E-state index >= 15 is 0 Å². The molecular formula is C44H75N3. The summed E-state index contributed by atoms with van der Waals surface area (Å²) in [4.78, 5) is 11.3. The van der Waals surface area contributed by atoms with Crippen LogP contribution in [0.4, 0.5) is 0 Å². The molecule has 0 fully saturated rings. The second kappa shape index (κ2) is 33.9. The molecule has 3 aromatic rings. The normalized spacial score (nSPS) is 10.4. The first-order valence-electron chi connectivity index (χ1n) is 18.2. The molecule has 0 spiro atoms. The number of fused-ring (bicyclic) bond motifs is 1. The molecule has 0 saturated carbocycles. The van der Waals surface area contributed by atoms with Crippen molar-refractivity contribution < 1.29 is 0 Å². The van der Waals surface area contributed by atoms with Gasteiger partial charge in [-0.15, -0.1) is 0 Å². The summed E-state index contributed by atoms with van der Waals surface area (Å²) in [6.45, 7) is 39.5. The van der Waals surface area contributed by atoms with Crippen LogP contribution in [0.15, 0.2) is 100 Å². The number of hydrogen-bond donors (Lipinski definition) is 0. The Labute approximate surface area is 294 Å². The number of hydrogen-bond acceptors (Lipinski definition) is 3. The molecule has 0 amide bonds. The van der Waals surface area contributed by atoms with Gasteiger partial charge in [0.1, 0.15) is 5.70 Å². The van der Waals surface area contributed by atoms with Crippen molar-refractivity contribution in [3.05, 3.63) is 96.0 Å². The molecule has 3 aromatic carbocycles. The summed E-state index contributed by atoms with van der Waals surface area (Å²) in [5.74, 6) is 0.833. The Morgan fingerprint density at radius 1 is 0.745 bits per heavy atom. The van der Waals surface area contributed by atoms with Gasteiger partial charge in [-0.1, -0.05) is 164 Å². The number of likely N-dealkylation sites (N-methyl/N-ethyl adjacent to an activating group) is 1. The second-order valence-corrected chi connectivity index (χ2v) is 10.6. The number of allylic oxidation sites excluding steroid dienone is 3. The van der Waals surface area contributed by atoms with E-state index in [1.807, 2.05) is 82.4 Å². The maximum Gasteiger partial charge on any atom is 0.102 e. The molecule has 0 radical (unpaired) electrons. The lowest BCUT2D eigenvalue weighted by Gasteiger charge is -2.22. The van der Waals surface area contributed by atoms with E-state index in [1.165, 1.54) is 33.9 Å². The van der Waals surface area contributed by atoms with Gasteiger partial charge in [-0.2, -0.15) is 0 Å². The zero-order valence-electron chi connectivity index (χ0n) is 34.2. The van der Waals surface area contributed by atoms with Crippen molar-refractivity contribution >= 4 is 22.7 Å². The molecule has 0 saturated heterocycles. The van der Waals surface area contributed by atoms with Crippen LogP contribution >= 0.6 is 0 Å². The maximum absolute atomic E-state index is 4.56. The zero-order chi connectivity index (χ0) is 37.4. The third kappa shape index (κ3) is 23.5. The average molecular weight is 646 g/mol. The van der Waals surface area contributed by atoms with Gasteiger partial charge in [0.2, 0.25) is 0 Å². The van der Waals surface area contributed by atoms with E-state index in [0.717, 1.165) is 41.7 Å². The number of rotatable bonds is 8. The van der Waals surface area contributed by atoms with Crippen molar-refractivity contribution in [2.24, 2.45) is 15.9 Å². The molecule has 3 heteroatoms. The zero-order valence-corrected chi connectivity index (χ0v) is 34.2. The highest BCUT2D eigenvalue weighted by Gasteiger charge is 2.10. The Kier molecular flexibility index (Phi) is 36.3. The highest BCUT2D eigenvalue weighted by molar-refractivity contribution is 6.00.